The Kier molecular flexibility index (Phi) is 9.45. The molecule has 0 saturated heterocycles. The fraction of sp³-hybridized carbons (Fsp3) is 0.179. The molecule has 0 spiro atoms. The Labute approximate surface area is 296 Å². The van der Waals surface area contributed by atoms with Crippen molar-refractivity contribution in [3.8, 4) is 16.9 Å². The van der Waals surface area contributed by atoms with Crippen molar-refractivity contribution >= 4 is 43.7 Å². The van der Waals surface area contributed by atoms with E-state index in [4.69, 9.17) is 19.6 Å². The molecule has 0 aromatic heterocycles. The van der Waals surface area contributed by atoms with Crippen LogP contribution in [0.25, 0.3) is 11.1 Å². The van der Waals surface area contributed by atoms with Crippen molar-refractivity contribution in [2.75, 3.05) is 13.2 Å². The number of benzene rings is 5. The van der Waals surface area contributed by atoms with E-state index in [2.05, 4.69) is 67.0 Å². The number of aliphatic imine (C=N–C) groups is 1. The summed E-state index contributed by atoms with van der Waals surface area (Å²) in [4.78, 5) is 20.0. The SMILES string of the molecule is O=C(NNC1c2ccccc2-c2ccccc21)[C@@]1(Cc2ccc(Br)cc2)N=C(c2ccc(OCCCO)cc2)O[C@H]1c1ccccc1Br. The molecular weight excluding hydrogens is 734 g/mol. The normalized spacial score (nSPS) is 18.1. The highest BCUT2D eigenvalue weighted by molar-refractivity contribution is 9.10. The van der Waals surface area contributed by atoms with Crippen LogP contribution in [0.4, 0.5) is 0 Å². The van der Waals surface area contributed by atoms with Crippen LogP contribution in [0.3, 0.4) is 0 Å². The monoisotopic (exact) mass is 765 g/mol. The zero-order valence-electron chi connectivity index (χ0n) is 25.9. The van der Waals surface area contributed by atoms with Crippen molar-refractivity contribution in [2.24, 2.45) is 4.99 Å². The van der Waals surface area contributed by atoms with Crippen molar-refractivity contribution in [3.05, 3.63) is 158 Å². The molecule has 48 heavy (non-hydrogen) atoms. The van der Waals surface area contributed by atoms with Gasteiger partial charge in [0.25, 0.3) is 5.91 Å². The smallest absolute Gasteiger partial charge is 0.266 e. The summed E-state index contributed by atoms with van der Waals surface area (Å²) >= 11 is 7.27. The van der Waals surface area contributed by atoms with Gasteiger partial charge in [-0.2, -0.15) is 0 Å². The van der Waals surface area contributed by atoms with Crippen LogP contribution in [0, 0.1) is 0 Å². The van der Waals surface area contributed by atoms with Gasteiger partial charge in [0.15, 0.2) is 11.6 Å². The van der Waals surface area contributed by atoms with E-state index in [1.807, 2.05) is 97.1 Å². The fourth-order valence-electron chi connectivity index (χ4n) is 6.42. The van der Waals surface area contributed by atoms with Crippen LogP contribution >= 0.6 is 31.9 Å². The van der Waals surface area contributed by atoms with Crippen LogP contribution in [0.1, 0.15) is 46.4 Å². The number of halogens is 2. The second-order valence-electron chi connectivity index (χ2n) is 11.8. The molecule has 2 atom stereocenters. The molecular formula is C39H33Br2N3O4. The van der Waals surface area contributed by atoms with Crippen molar-refractivity contribution in [1.29, 1.82) is 0 Å². The minimum Gasteiger partial charge on any atom is -0.494 e. The summed E-state index contributed by atoms with van der Waals surface area (Å²) in [7, 11) is 0. The maximum absolute atomic E-state index is 14.9. The molecule has 0 saturated carbocycles. The van der Waals surface area contributed by atoms with Crippen molar-refractivity contribution in [1.82, 2.24) is 10.9 Å². The zero-order chi connectivity index (χ0) is 33.1. The molecule has 7 nitrogen and oxygen atoms in total. The topological polar surface area (TPSA) is 92.2 Å². The van der Waals surface area contributed by atoms with Crippen LogP contribution in [0.2, 0.25) is 0 Å². The van der Waals surface area contributed by atoms with Crippen LogP contribution in [-0.2, 0) is 16.0 Å². The van der Waals surface area contributed by atoms with Crippen molar-refractivity contribution < 1.29 is 19.4 Å². The highest BCUT2D eigenvalue weighted by Crippen LogP contribution is 2.46. The Morgan fingerprint density at radius 3 is 2.08 bits per heavy atom. The number of aliphatic hydroxyl groups is 1. The van der Waals surface area contributed by atoms with Crippen molar-refractivity contribution in [3.63, 3.8) is 0 Å². The van der Waals surface area contributed by atoms with Crippen molar-refractivity contribution in [2.45, 2.75) is 30.5 Å². The Bertz CT molecular complexity index is 1920. The molecule has 5 aromatic carbocycles. The number of rotatable bonds is 11. The quantitative estimate of drug-likeness (QED) is 0.0941. The third-order valence-corrected chi connectivity index (χ3v) is 10.0. The predicted molar refractivity (Wildman–Crippen MR) is 194 cm³/mol. The van der Waals surface area contributed by atoms with Gasteiger partial charge in [-0.15, -0.1) is 0 Å². The number of carbonyl (C=O) groups excluding carboxylic acids is 1. The number of fused-ring (bicyclic) bond motifs is 3. The lowest BCUT2D eigenvalue weighted by Crippen LogP contribution is -2.54. The minimum atomic E-state index is -1.38. The number of hydrogen-bond acceptors (Lipinski definition) is 6. The van der Waals surface area contributed by atoms with E-state index in [1.54, 1.807) is 0 Å². The number of aliphatic hydroxyl groups excluding tert-OH is 1. The van der Waals surface area contributed by atoms with E-state index in [-0.39, 0.29) is 25.0 Å². The van der Waals surface area contributed by atoms with E-state index >= 15 is 0 Å². The van der Waals surface area contributed by atoms with Gasteiger partial charge in [-0.3, -0.25) is 10.2 Å². The van der Waals surface area contributed by atoms with Gasteiger partial charge in [0.1, 0.15) is 5.75 Å². The maximum atomic E-state index is 14.9. The molecule has 3 N–H and O–H groups in total. The van der Waals surface area contributed by atoms with Crippen LogP contribution in [-0.4, -0.2) is 35.7 Å². The molecule has 1 aliphatic carbocycles. The Hall–Kier alpha value is -4.28. The maximum Gasteiger partial charge on any atom is 0.266 e. The average Bonchev–Trinajstić information content (AvgIpc) is 3.65. The molecule has 2 aliphatic rings. The average molecular weight is 768 g/mol. The molecule has 0 bridgehead atoms. The van der Waals surface area contributed by atoms with E-state index in [9.17, 15) is 4.79 Å². The molecule has 9 heteroatoms. The van der Waals surface area contributed by atoms with Gasteiger partial charge in [0.05, 0.1) is 12.6 Å². The zero-order valence-corrected chi connectivity index (χ0v) is 29.1. The highest BCUT2D eigenvalue weighted by Gasteiger charge is 2.54. The summed E-state index contributed by atoms with van der Waals surface area (Å²) < 4.78 is 14.2. The summed E-state index contributed by atoms with van der Waals surface area (Å²) in [6.07, 6.45) is 0.0752. The fourth-order valence-corrected chi connectivity index (χ4v) is 7.17. The summed E-state index contributed by atoms with van der Waals surface area (Å²) in [5.74, 6) is 0.724. The van der Waals surface area contributed by atoms with Gasteiger partial charge in [-0.25, -0.2) is 10.4 Å². The lowest BCUT2D eigenvalue weighted by molar-refractivity contribution is -0.130. The second-order valence-corrected chi connectivity index (χ2v) is 13.6. The van der Waals surface area contributed by atoms with Gasteiger partial charge >= 0.3 is 0 Å². The molecule has 1 amide bonds. The number of hydrogen-bond donors (Lipinski definition) is 3. The third-order valence-electron chi connectivity index (χ3n) is 8.77. The molecule has 0 radical (unpaired) electrons. The number of nitrogens with one attached hydrogen (secondary N) is 2. The highest BCUT2D eigenvalue weighted by atomic mass is 79.9. The van der Waals surface area contributed by atoms with Crippen LogP contribution in [0.5, 0.6) is 5.75 Å². The van der Waals surface area contributed by atoms with Gasteiger partial charge in [0.2, 0.25) is 5.90 Å². The number of ether oxygens (including phenoxy) is 2. The Morgan fingerprint density at radius 2 is 1.44 bits per heavy atom. The third kappa shape index (κ3) is 6.31. The minimum absolute atomic E-state index is 0.0658. The number of amides is 1. The van der Waals surface area contributed by atoms with Gasteiger partial charge in [-0.1, -0.05) is 111 Å². The van der Waals surface area contributed by atoms with Gasteiger partial charge in [-0.05, 0) is 70.3 Å². The number of nitrogens with zero attached hydrogens (tertiary/aromatic N) is 1. The van der Waals surface area contributed by atoms with E-state index < -0.39 is 11.6 Å². The molecule has 5 aromatic rings. The van der Waals surface area contributed by atoms with Gasteiger partial charge in [0, 0.05) is 39.5 Å². The first-order valence-electron chi connectivity index (χ1n) is 15.8. The summed E-state index contributed by atoms with van der Waals surface area (Å²) in [6.45, 7) is 0.479. The molecule has 0 unspecified atom stereocenters. The lowest BCUT2D eigenvalue weighted by atomic mass is 9.82. The summed E-state index contributed by atoms with van der Waals surface area (Å²) in [6, 6.07) is 39.4. The predicted octanol–water partition coefficient (Wildman–Crippen LogP) is 7.86. The van der Waals surface area contributed by atoms with E-state index in [0.717, 1.165) is 47.9 Å². The lowest BCUT2D eigenvalue weighted by Gasteiger charge is -2.32. The Morgan fingerprint density at radius 1 is 0.812 bits per heavy atom. The Balaban J connectivity index is 1.28. The molecule has 1 heterocycles. The molecule has 242 valence electrons. The molecule has 1 aliphatic heterocycles. The molecule has 7 rings (SSSR count). The van der Waals surface area contributed by atoms with E-state index in [0.29, 0.717) is 24.7 Å². The van der Waals surface area contributed by atoms with Crippen LogP contribution in [0.15, 0.2) is 135 Å². The first kappa shape index (κ1) is 32.3. The van der Waals surface area contributed by atoms with Gasteiger partial charge < -0.3 is 14.6 Å². The first-order valence-corrected chi connectivity index (χ1v) is 17.4. The second kappa shape index (κ2) is 14.1. The standard InChI is InChI=1S/C39H33Br2N3O4/c40-27-18-14-25(15-19-27)24-39(38(46)44-43-35-31-10-3-1-8-29(31)30-9-2-4-11-32(30)35)36(33-12-5-6-13-34(33)41)48-37(42-39)26-16-20-28(21-17-26)47-23-7-22-45/h1-6,8-21,35-36,43,45H,7,22-24H2,(H,44,46)/t36-,39-/m0/s1. The number of carbonyl (C=O) groups is 1. The number of hydrazine groups is 1. The van der Waals surface area contributed by atoms with Crippen LogP contribution < -0.4 is 15.6 Å². The summed E-state index contributed by atoms with van der Waals surface area (Å²) in [5, 5.41) is 9.11. The van der Waals surface area contributed by atoms with E-state index in [1.165, 1.54) is 0 Å². The first-order chi connectivity index (χ1) is 23.5. The molecule has 0 fully saturated rings. The largest absolute Gasteiger partial charge is 0.494 e. The summed E-state index contributed by atoms with van der Waals surface area (Å²) in [5.41, 5.74) is 12.0.